The van der Waals surface area contributed by atoms with Crippen molar-refractivity contribution < 1.29 is 14.6 Å². The van der Waals surface area contributed by atoms with E-state index < -0.39 is 5.97 Å². The normalized spacial score (nSPS) is 10.2. The summed E-state index contributed by atoms with van der Waals surface area (Å²) in [6, 6.07) is 6.91. The molecule has 0 radical (unpaired) electrons. The van der Waals surface area contributed by atoms with Crippen molar-refractivity contribution in [3.63, 3.8) is 0 Å². The molecule has 15 heavy (non-hydrogen) atoms. The smallest absolute Gasteiger partial charge is 0.336 e. The van der Waals surface area contributed by atoms with E-state index in [2.05, 4.69) is 0 Å². The van der Waals surface area contributed by atoms with Crippen molar-refractivity contribution in [1.82, 2.24) is 0 Å². The molecular weight excluding hydrogens is 212 g/mol. The van der Waals surface area contributed by atoms with Crippen LogP contribution >= 0.6 is 11.8 Å². The summed E-state index contributed by atoms with van der Waals surface area (Å²) >= 11 is 1.71. The second-order valence-electron chi connectivity index (χ2n) is 3.01. The molecule has 0 atom stereocenters. The van der Waals surface area contributed by atoms with Crippen molar-refractivity contribution in [2.45, 2.75) is 6.61 Å². The van der Waals surface area contributed by atoms with Gasteiger partial charge in [-0.1, -0.05) is 18.2 Å². The molecule has 0 heterocycles. The number of hydrogen-bond acceptors (Lipinski definition) is 3. The molecule has 4 heteroatoms. The molecule has 1 aromatic rings. The van der Waals surface area contributed by atoms with Crippen molar-refractivity contribution >= 4 is 17.7 Å². The summed E-state index contributed by atoms with van der Waals surface area (Å²) in [7, 11) is 0. The first-order valence-corrected chi connectivity index (χ1v) is 6.03. The Balaban J connectivity index is 2.56. The number of carboxylic acid groups (broad SMARTS) is 1. The Morgan fingerprint density at radius 2 is 2.20 bits per heavy atom. The zero-order chi connectivity index (χ0) is 11.1. The second-order valence-corrected chi connectivity index (χ2v) is 3.99. The Hall–Kier alpha value is -1.00. The predicted octanol–water partition coefficient (Wildman–Crippen LogP) is 2.26. The molecule has 1 N–H and O–H groups in total. The molecular formula is C11H14O3S. The highest BCUT2D eigenvalue weighted by molar-refractivity contribution is 7.98. The van der Waals surface area contributed by atoms with Crippen molar-refractivity contribution in [2.75, 3.05) is 18.6 Å². The number of aromatic carboxylic acids is 1. The largest absolute Gasteiger partial charge is 0.478 e. The fraction of sp³-hybridized carbons (Fsp3) is 0.364. The molecule has 0 aromatic heterocycles. The average molecular weight is 226 g/mol. The Bertz CT molecular complexity index is 325. The Labute approximate surface area is 93.4 Å². The fourth-order valence-electron chi connectivity index (χ4n) is 1.18. The highest BCUT2D eigenvalue weighted by Crippen LogP contribution is 2.10. The third kappa shape index (κ3) is 3.93. The van der Waals surface area contributed by atoms with Gasteiger partial charge in [-0.05, 0) is 17.9 Å². The van der Waals surface area contributed by atoms with Crippen LogP contribution < -0.4 is 0 Å². The van der Waals surface area contributed by atoms with E-state index in [-0.39, 0.29) is 0 Å². The minimum atomic E-state index is -0.904. The molecule has 0 aliphatic rings. The minimum absolute atomic E-state index is 0.321. The van der Waals surface area contributed by atoms with Crippen LogP contribution in [0.5, 0.6) is 0 Å². The summed E-state index contributed by atoms with van der Waals surface area (Å²) in [6.07, 6.45) is 2.01. The lowest BCUT2D eigenvalue weighted by atomic mass is 10.1. The number of hydrogen-bond donors (Lipinski definition) is 1. The highest BCUT2D eigenvalue weighted by Gasteiger charge is 2.08. The molecule has 3 nitrogen and oxygen atoms in total. The summed E-state index contributed by atoms with van der Waals surface area (Å²) in [5.41, 5.74) is 1.05. The molecule has 0 fully saturated rings. The van der Waals surface area contributed by atoms with E-state index in [1.807, 2.05) is 12.3 Å². The van der Waals surface area contributed by atoms with E-state index in [0.717, 1.165) is 11.3 Å². The van der Waals surface area contributed by atoms with Crippen LogP contribution in [0.3, 0.4) is 0 Å². The van der Waals surface area contributed by atoms with E-state index >= 15 is 0 Å². The molecule has 0 bridgehead atoms. The first-order chi connectivity index (χ1) is 7.25. The monoisotopic (exact) mass is 226 g/mol. The van der Waals surface area contributed by atoms with Gasteiger partial charge in [0, 0.05) is 5.75 Å². The van der Waals surface area contributed by atoms with Crippen LogP contribution in [0.15, 0.2) is 24.3 Å². The minimum Gasteiger partial charge on any atom is -0.478 e. The van der Waals surface area contributed by atoms with Crippen molar-refractivity contribution in [2.24, 2.45) is 0 Å². The van der Waals surface area contributed by atoms with Crippen LogP contribution in [0.1, 0.15) is 15.9 Å². The lowest BCUT2D eigenvalue weighted by molar-refractivity contribution is 0.0689. The van der Waals surface area contributed by atoms with Gasteiger partial charge in [0.2, 0.25) is 0 Å². The van der Waals surface area contributed by atoms with Crippen LogP contribution in [-0.2, 0) is 11.3 Å². The molecule has 0 unspecified atom stereocenters. The van der Waals surface area contributed by atoms with E-state index in [4.69, 9.17) is 9.84 Å². The fourth-order valence-corrected chi connectivity index (χ4v) is 1.46. The summed E-state index contributed by atoms with van der Waals surface area (Å²) in [4.78, 5) is 10.9. The lowest BCUT2D eigenvalue weighted by Gasteiger charge is -2.06. The summed E-state index contributed by atoms with van der Waals surface area (Å²) < 4.78 is 5.37. The summed E-state index contributed by atoms with van der Waals surface area (Å²) in [5.74, 6) is 0.0222. The topological polar surface area (TPSA) is 46.5 Å². The Morgan fingerprint density at radius 3 is 2.87 bits per heavy atom. The third-order valence-electron chi connectivity index (χ3n) is 1.94. The van der Waals surface area contributed by atoms with Crippen LogP contribution in [0.2, 0.25) is 0 Å². The van der Waals surface area contributed by atoms with Gasteiger partial charge in [-0.15, -0.1) is 0 Å². The molecule has 1 rings (SSSR count). The van der Waals surface area contributed by atoms with Gasteiger partial charge in [0.1, 0.15) is 0 Å². The highest BCUT2D eigenvalue weighted by atomic mass is 32.2. The van der Waals surface area contributed by atoms with E-state index in [1.165, 1.54) is 0 Å². The number of ether oxygens (including phenoxy) is 1. The first-order valence-electron chi connectivity index (χ1n) is 4.63. The van der Waals surface area contributed by atoms with Crippen LogP contribution in [0.25, 0.3) is 0 Å². The second kappa shape index (κ2) is 6.48. The number of carbonyl (C=O) groups is 1. The number of carboxylic acids is 1. The Morgan fingerprint density at radius 1 is 1.47 bits per heavy atom. The maximum absolute atomic E-state index is 10.9. The molecule has 0 saturated carbocycles. The van der Waals surface area contributed by atoms with Crippen LogP contribution in [0, 0.1) is 0 Å². The zero-order valence-electron chi connectivity index (χ0n) is 8.60. The van der Waals surface area contributed by atoms with E-state index in [0.29, 0.717) is 18.8 Å². The van der Waals surface area contributed by atoms with Gasteiger partial charge in [0.25, 0.3) is 0 Å². The van der Waals surface area contributed by atoms with Crippen molar-refractivity contribution in [1.29, 1.82) is 0 Å². The zero-order valence-corrected chi connectivity index (χ0v) is 9.42. The van der Waals surface area contributed by atoms with Crippen molar-refractivity contribution in [3.05, 3.63) is 35.4 Å². The van der Waals surface area contributed by atoms with Gasteiger partial charge in [-0.3, -0.25) is 0 Å². The van der Waals surface area contributed by atoms with Gasteiger partial charge >= 0.3 is 5.97 Å². The molecule has 0 aliphatic heterocycles. The van der Waals surface area contributed by atoms with Gasteiger partial charge in [-0.25, -0.2) is 4.79 Å². The van der Waals surface area contributed by atoms with Gasteiger partial charge < -0.3 is 9.84 Å². The number of thioether (sulfide) groups is 1. The first kappa shape index (κ1) is 12.1. The molecule has 1 aromatic carbocycles. The molecule has 0 aliphatic carbocycles. The third-order valence-corrected chi connectivity index (χ3v) is 2.51. The lowest BCUT2D eigenvalue weighted by Crippen LogP contribution is -2.05. The number of rotatable bonds is 6. The molecule has 0 spiro atoms. The summed E-state index contributed by atoms with van der Waals surface area (Å²) in [6.45, 7) is 1.01. The van der Waals surface area contributed by atoms with E-state index in [9.17, 15) is 4.79 Å². The van der Waals surface area contributed by atoms with Gasteiger partial charge in [0.15, 0.2) is 0 Å². The van der Waals surface area contributed by atoms with Crippen LogP contribution in [0.4, 0.5) is 0 Å². The van der Waals surface area contributed by atoms with Crippen LogP contribution in [-0.4, -0.2) is 29.7 Å². The van der Waals surface area contributed by atoms with Gasteiger partial charge in [0.05, 0.1) is 18.8 Å². The maximum Gasteiger partial charge on any atom is 0.336 e. The average Bonchev–Trinajstić information content (AvgIpc) is 2.25. The summed E-state index contributed by atoms with van der Waals surface area (Å²) in [5, 5.41) is 8.91. The van der Waals surface area contributed by atoms with Crippen molar-refractivity contribution in [3.8, 4) is 0 Å². The van der Waals surface area contributed by atoms with Gasteiger partial charge in [-0.2, -0.15) is 11.8 Å². The standard InChI is InChI=1S/C11H14O3S/c1-15-7-6-14-8-9-4-2-3-5-10(9)11(12)13/h2-5H,6-8H2,1H3,(H,12,13). The predicted molar refractivity (Wildman–Crippen MR) is 61.4 cm³/mol. The van der Waals surface area contributed by atoms with E-state index in [1.54, 1.807) is 30.0 Å². The quantitative estimate of drug-likeness (QED) is 0.756. The molecule has 0 saturated heterocycles. The maximum atomic E-state index is 10.9. The molecule has 0 amide bonds. The SMILES string of the molecule is CSCCOCc1ccccc1C(=O)O. The number of benzene rings is 1. The molecule has 82 valence electrons. The Kier molecular flexibility index (Phi) is 5.21.